The lowest BCUT2D eigenvalue weighted by molar-refractivity contribution is -0.138. The van der Waals surface area contributed by atoms with E-state index < -0.39 is 29.3 Å². The first kappa shape index (κ1) is 24.5. The van der Waals surface area contributed by atoms with Gasteiger partial charge in [0.2, 0.25) is 23.2 Å². The first-order valence-electron chi connectivity index (χ1n) is 12.1. The summed E-state index contributed by atoms with van der Waals surface area (Å²) >= 11 is 0. The van der Waals surface area contributed by atoms with Crippen molar-refractivity contribution in [3.05, 3.63) is 78.7 Å². The van der Waals surface area contributed by atoms with Gasteiger partial charge in [0.15, 0.2) is 0 Å². The summed E-state index contributed by atoms with van der Waals surface area (Å²) in [6.45, 7) is 0. The fourth-order valence-corrected chi connectivity index (χ4v) is 4.67. The average molecular weight is 534 g/mol. The lowest BCUT2D eigenvalue weighted by Crippen LogP contribution is -2.72. The molecular formula is C28H18N6O6. The summed E-state index contributed by atoms with van der Waals surface area (Å²) in [5, 5.41) is 13.1. The molecule has 12 heteroatoms. The van der Waals surface area contributed by atoms with E-state index in [0.717, 1.165) is 16.0 Å². The molecule has 40 heavy (non-hydrogen) atoms. The van der Waals surface area contributed by atoms with Crippen LogP contribution in [0.4, 0.5) is 10.5 Å². The number of anilines is 1. The van der Waals surface area contributed by atoms with Crippen LogP contribution in [0.5, 0.6) is 11.6 Å². The van der Waals surface area contributed by atoms with Gasteiger partial charge in [0, 0.05) is 23.6 Å². The predicted octanol–water partition coefficient (Wildman–Crippen LogP) is 3.30. The minimum Gasteiger partial charge on any atom is -0.444 e. The van der Waals surface area contributed by atoms with Crippen LogP contribution in [0.15, 0.2) is 77.5 Å². The van der Waals surface area contributed by atoms with E-state index in [-0.39, 0.29) is 24.4 Å². The second-order valence-electron chi connectivity index (χ2n) is 9.03. The van der Waals surface area contributed by atoms with E-state index in [1.807, 2.05) is 0 Å². The number of oxazole rings is 1. The molecule has 0 aliphatic carbocycles. The second-order valence-corrected chi connectivity index (χ2v) is 9.03. The lowest BCUT2D eigenvalue weighted by atomic mass is 9.92. The van der Waals surface area contributed by atoms with Gasteiger partial charge in [-0.15, -0.1) is 0 Å². The van der Waals surface area contributed by atoms with E-state index in [4.69, 9.17) is 14.4 Å². The van der Waals surface area contributed by atoms with E-state index in [2.05, 4.69) is 26.7 Å². The standard InChI is InChI=1S/C28H18N6O6/c29-13-16-1-3-17(4-2-16)21-15-39-24(31-21)18-5-8-20(9-6-18)40-22-10-7-19(14-30-22)34-23(35)11-12-28(34)25(36)32-27(38)33-26(28)37/h1-10,14-15H,11-12H2,(H2,32,33,36,37,38). The third-order valence-corrected chi connectivity index (χ3v) is 6.65. The number of imide groups is 2. The van der Waals surface area contributed by atoms with Crippen LogP contribution in [0.2, 0.25) is 0 Å². The number of ether oxygens (including phenoxy) is 1. The lowest BCUT2D eigenvalue weighted by Gasteiger charge is -2.37. The van der Waals surface area contributed by atoms with Gasteiger partial charge in [0.25, 0.3) is 11.8 Å². The van der Waals surface area contributed by atoms with Gasteiger partial charge in [0.05, 0.1) is 23.5 Å². The third-order valence-electron chi connectivity index (χ3n) is 6.65. The van der Waals surface area contributed by atoms with E-state index in [1.165, 1.54) is 18.3 Å². The summed E-state index contributed by atoms with van der Waals surface area (Å²) in [7, 11) is 0. The van der Waals surface area contributed by atoms with Gasteiger partial charge in [-0.3, -0.25) is 29.9 Å². The summed E-state index contributed by atoms with van der Waals surface area (Å²) in [4.78, 5) is 59.3. The highest BCUT2D eigenvalue weighted by molar-refractivity contribution is 6.28. The van der Waals surface area contributed by atoms with Crippen LogP contribution in [-0.2, 0) is 14.4 Å². The minimum absolute atomic E-state index is 0.0425. The molecule has 4 heterocycles. The molecule has 0 radical (unpaired) electrons. The molecule has 196 valence electrons. The zero-order valence-electron chi connectivity index (χ0n) is 20.6. The fourth-order valence-electron chi connectivity index (χ4n) is 4.67. The highest BCUT2D eigenvalue weighted by Gasteiger charge is 2.60. The molecule has 12 nitrogen and oxygen atoms in total. The van der Waals surface area contributed by atoms with Crippen molar-refractivity contribution in [2.24, 2.45) is 0 Å². The van der Waals surface area contributed by atoms with Gasteiger partial charge in [0.1, 0.15) is 17.7 Å². The number of nitriles is 1. The van der Waals surface area contributed by atoms with E-state index in [1.54, 1.807) is 54.8 Å². The average Bonchev–Trinajstić information content (AvgIpc) is 3.59. The maximum Gasteiger partial charge on any atom is 0.328 e. The Morgan fingerprint density at radius 3 is 2.27 bits per heavy atom. The topological polar surface area (TPSA) is 168 Å². The Kier molecular flexibility index (Phi) is 5.81. The molecular weight excluding hydrogens is 516 g/mol. The Morgan fingerprint density at radius 2 is 1.62 bits per heavy atom. The number of carbonyl (C=O) groups excluding carboxylic acids is 4. The maximum absolute atomic E-state index is 12.7. The predicted molar refractivity (Wildman–Crippen MR) is 138 cm³/mol. The number of nitrogens with zero attached hydrogens (tertiary/aromatic N) is 4. The van der Waals surface area contributed by atoms with E-state index in [9.17, 15) is 19.2 Å². The Balaban J connectivity index is 1.16. The summed E-state index contributed by atoms with van der Waals surface area (Å²) in [6, 6.07) is 18.2. The molecule has 2 N–H and O–H groups in total. The second kappa shape index (κ2) is 9.48. The van der Waals surface area contributed by atoms with Crippen LogP contribution in [0.25, 0.3) is 22.7 Å². The Bertz CT molecular complexity index is 1680. The summed E-state index contributed by atoms with van der Waals surface area (Å²) in [5.41, 5.74) is 1.09. The molecule has 2 saturated heterocycles. The summed E-state index contributed by atoms with van der Waals surface area (Å²) < 4.78 is 11.4. The zero-order valence-corrected chi connectivity index (χ0v) is 20.6. The van der Waals surface area contributed by atoms with E-state index in [0.29, 0.717) is 22.9 Å². The largest absolute Gasteiger partial charge is 0.444 e. The van der Waals surface area contributed by atoms with Crippen LogP contribution in [0.3, 0.4) is 0 Å². The molecule has 0 saturated carbocycles. The molecule has 2 aromatic carbocycles. The van der Waals surface area contributed by atoms with Crippen LogP contribution >= 0.6 is 0 Å². The first-order chi connectivity index (χ1) is 19.4. The van der Waals surface area contributed by atoms with Crippen molar-refractivity contribution in [3.63, 3.8) is 0 Å². The number of hydrogen-bond donors (Lipinski definition) is 2. The molecule has 6 rings (SSSR count). The molecule has 0 bridgehead atoms. The Hall–Kier alpha value is -5.83. The number of pyridine rings is 1. The molecule has 2 fully saturated rings. The molecule has 2 aliphatic rings. The number of rotatable bonds is 5. The van der Waals surface area contributed by atoms with Crippen LogP contribution < -0.4 is 20.3 Å². The van der Waals surface area contributed by atoms with Crippen LogP contribution in [0, 0.1) is 11.3 Å². The number of hydrogen-bond acceptors (Lipinski definition) is 9. The third kappa shape index (κ3) is 4.11. The van der Waals surface area contributed by atoms with Gasteiger partial charge in [-0.25, -0.2) is 14.8 Å². The molecule has 1 spiro atoms. The monoisotopic (exact) mass is 534 g/mol. The number of barbiturate groups is 1. The Labute approximate surface area is 226 Å². The van der Waals surface area contributed by atoms with Gasteiger partial charge in [-0.1, -0.05) is 12.1 Å². The van der Waals surface area contributed by atoms with Gasteiger partial charge in [-0.05, 0) is 48.9 Å². The van der Waals surface area contributed by atoms with E-state index >= 15 is 0 Å². The number of urea groups is 1. The number of carbonyl (C=O) groups is 4. The van der Waals surface area contributed by atoms with Crippen molar-refractivity contribution in [1.82, 2.24) is 20.6 Å². The smallest absolute Gasteiger partial charge is 0.328 e. The maximum atomic E-state index is 12.7. The van der Waals surface area contributed by atoms with Crippen LogP contribution in [-0.4, -0.2) is 39.3 Å². The van der Waals surface area contributed by atoms with Crippen molar-refractivity contribution in [2.45, 2.75) is 18.4 Å². The Morgan fingerprint density at radius 1 is 0.925 bits per heavy atom. The molecule has 4 aromatic rings. The van der Waals surface area contributed by atoms with Gasteiger partial charge >= 0.3 is 6.03 Å². The van der Waals surface area contributed by atoms with Gasteiger partial charge < -0.3 is 9.15 Å². The summed E-state index contributed by atoms with van der Waals surface area (Å²) in [5.74, 6) is -1.06. The van der Waals surface area contributed by atoms with Crippen molar-refractivity contribution < 1.29 is 28.3 Å². The van der Waals surface area contributed by atoms with Crippen molar-refractivity contribution in [3.8, 4) is 40.4 Å². The number of benzene rings is 2. The highest BCUT2D eigenvalue weighted by atomic mass is 16.5. The normalized spacial score (nSPS) is 16.0. The van der Waals surface area contributed by atoms with Crippen molar-refractivity contribution >= 4 is 29.4 Å². The molecule has 2 aliphatic heterocycles. The van der Waals surface area contributed by atoms with Crippen LogP contribution in [0.1, 0.15) is 18.4 Å². The fraction of sp³-hybridized carbons (Fsp3) is 0.107. The SMILES string of the molecule is N#Cc1ccc(-c2coc(-c3ccc(Oc4ccc(N5C(=O)CCC56C(=O)NC(=O)NC6=O)cn4)cc3)n2)cc1. The van der Waals surface area contributed by atoms with Crippen molar-refractivity contribution in [1.29, 1.82) is 5.26 Å². The summed E-state index contributed by atoms with van der Waals surface area (Å²) in [6.07, 6.45) is 2.75. The minimum atomic E-state index is -1.86. The number of amides is 5. The number of aromatic nitrogens is 2. The molecule has 0 unspecified atom stereocenters. The quantitative estimate of drug-likeness (QED) is 0.365. The van der Waals surface area contributed by atoms with Crippen molar-refractivity contribution in [2.75, 3.05) is 4.90 Å². The molecule has 5 amide bonds. The number of nitrogens with one attached hydrogen (secondary N) is 2. The van der Waals surface area contributed by atoms with Gasteiger partial charge in [-0.2, -0.15) is 5.26 Å². The highest BCUT2D eigenvalue weighted by Crippen LogP contribution is 2.37. The molecule has 2 aromatic heterocycles. The first-order valence-corrected chi connectivity index (χ1v) is 12.1. The zero-order chi connectivity index (χ0) is 27.9. The molecule has 0 atom stereocenters.